The number of carboxylic acids is 1. The van der Waals surface area contributed by atoms with E-state index in [1.54, 1.807) is 21.9 Å². The molecule has 0 bridgehead atoms. The van der Waals surface area contributed by atoms with Crippen molar-refractivity contribution in [1.29, 1.82) is 0 Å². The Labute approximate surface area is 117 Å². The van der Waals surface area contributed by atoms with Gasteiger partial charge in [0.25, 0.3) is 0 Å². The molecule has 2 rings (SSSR count). The number of nitrogens with zero attached hydrogens (tertiary/aromatic N) is 2. The van der Waals surface area contributed by atoms with Crippen molar-refractivity contribution in [2.45, 2.75) is 26.0 Å². The predicted molar refractivity (Wildman–Crippen MR) is 73.6 cm³/mol. The number of carboxylic acid groups (broad SMARTS) is 1. The highest BCUT2D eigenvalue weighted by molar-refractivity contribution is 5.94. The van der Waals surface area contributed by atoms with Gasteiger partial charge in [0.15, 0.2) is 6.10 Å². The van der Waals surface area contributed by atoms with Gasteiger partial charge < -0.3 is 15.1 Å². The third kappa shape index (κ3) is 2.60. The summed E-state index contributed by atoms with van der Waals surface area (Å²) in [5.74, 6) is -1.29. The van der Waals surface area contributed by atoms with Gasteiger partial charge >= 0.3 is 12.0 Å². The van der Waals surface area contributed by atoms with E-state index in [2.05, 4.69) is 0 Å². The van der Waals surface area contributed by atoms with Crippen LogP contribution in [-0.4, -0.2) is 46.2 Å². The van der Waals surface area contributed by atoms with Gasteiger partial charge in [0.2, 0.25) is 0 Å². The molecule has 1 aliphatic rings. The fourth-order valence-electron chi connectivity index (χ4n) is 2.25. The molecule has 108 valence electrons. The number of aliphatic hydroxyl groups excluding tert-OH is 1. The average molecular weight is 278 g/mol. The van der Waals surface area contributed by atoms with E-state index in [4.69, 9.17) is 5.11 Å². The Bertz CT molecular complexity index is 512. The van der Waals surface area contributed by atoms with Crippen molar-refractivity contribution in [3.63, 3.8) is 0 Å². The normalized spacial score (nSPS) is 16.9. The lowest BCUT2D eigenvalue weighted by Gasteiger charge is -2.22. The van der Waals surface area contributed by atoms with Crippen molar-refractivity contribution >= 4 is 17.7 Å². The lowest BCUT2D eigenvalue weighted by atomic mass is 10.1. The molecule has 20 heavy (non-hydrogen) atoms. The van der Waals surface area contributed by atoms with Crippen LogP contribution in [0.3, 0.4) is 0 Å². The zero-order valence-electron chi connectivity index (χ0n) is 11.5. The van der Waals surface area contributed by atoms with Gasteiger partial charge in [0, 0.05) is 24.8 Å². The Balaban J connectivity index is 2.15. The number of aliphatic hydroxyl groups is 1. The zero-order valence-corrected chi connectivity index (χ0v) is 11.5. The Morgan fingerprint density at radius 1 is 1.20 bits per heavy atom. The third-order valence-electron chi connectivity index (χ3n) is 3.42. The van der Waals surface area contributed by atoms with Crippen LogP contribution in [0, 0.1) is 0 Å². The SMILES string of the molecule is CC(C)N1CCN(c2ccc(C(O)C(=O)O)cc2)C1=O. The molecule has 0 aliphatic carbocycles. The maximum Gasteiger partial charge on any atom is 0.337 e. The van der Waals surface area contributed by atoms with Crippen LogP contribution in [0.4, 0.5) is 10.5 Å². The number of carbonyl (C=O) groups excluding carboxylic acids is 1. The van der Waals surface area contributed by atoms with Crippen LogP contribution in [0.25, 0.3) is 0 Å². The van der Waals surface area contributed by atoms with E-state index >= 15 is 0 Å². The van der Waals surface area contributed by atoms with Gasteiger partial charge in [-0.2, -0.15) is 0 Å². The Kier molecular flexibility index (Phi) is 3.94. The van der Waals surface area contributed by atoms with E-state index < -0.39 is 12.1 Å². The van der Waals surface area contributed by atoms with Gasteiger partial charge in [-0.1, -0.05) is 12.1 Å². The molecule has 1 heterocycles. The fraction of sp³-hybridized carbons (Fsp3) is 0.429. The second-order valence-electron chi connectivity index (χ2n) is 5.05. The molecule has 0 radical (unpaired) electrons. The number of amides is 2. The number of hydrogen-bond acceptors (Lipinski definition) is 3. The van der Waals surface area contributed by atoms with Crippen molar-refractivity contribution in [3.05, 3.63) is 29.8 Å². The molecule has 1 saturated heterocycles. The molecule has 1 atom stereocenters. The molecular weight excluding hydrogens is 260 g/mol. The molecule has 2 amide bonds. The van der Waals surface area contributed by atoms with Crippen LogP contribution in [0.15, 0.2) is 24.3 Å². The number of anilines is 1. The van der Waals surface area contributed by atoms with Crippen LogP contribution >= 0.6 is 0 Å². The van der Waals surface area contributed by atoms with Gasteiger partial charge in [0.05, 0.1) is 0 Å². The van der Waals surface area contributed by atoms with Crippen molar-refractivity contribution in [2.75, 3.05) is 18.0 Å². The van der Waals surface area contributed by atoms with Crippen LogP contribution in [-0.2, 0) is 4.79 Å². The molecule has 1 aromatic carbocycles. The number of hydrogen-bond donors (Lipinski definition) is 2. The molecule has 1 aromatic rings. The Hall–Kier alpha value is -2.08. The van der Waals surface area contributed by atoms with Gasteiger partial charge in [-0.15, -0.1) is 0 Å². The van der Waals surface area contributed by atoms with Crippen molar-refractivity contribution < 1.29 is 19.8 Å². The maximum atomic E-state index is 12.2. The first-order valence-electron chi connectivity index (χ1n) is 6.50. The van der Waals surface area contributed by atoms with Gasteiger partial charge in [0.1, 0.15) is 0 Å². The van der Waals surface area contributed by atoms with E-state index in [0.717, 1.165) is 0 Å². The lowest BCUT2D eigenvalue weighted by molar-refractivity contribution is -0.146. The first-order valence-corrected chi connectivity index (χ1v) is 6.50. The van der Waals surface area contributed by atoms with E-state index in [1.165, 1.54) is 12.1 Å². The van der Waals surface area contributed by atoms with Crippen LogP contribution < -0.4 is 4.90 Å². The minimum atomic E-state index is -1.54. The summed E-state index contributed by atoms with van der Waals surface area (Å²) in [6.45, 7) is 5.22. The molecule has 6 heteroatoms. The quantitative estimate of drug-likeness (QED) is 0.873. The zero-order chi connectivity index (χ0) is 14.9. The van der Waals surface area contributed by atoms with E-state index in [-0.39, 0.29) is 12.1 Å². The monoisotopic (exact) mass is 278 g/mol. The van der Waals surface area contributed by atoms with Crippen molar-refractivity contribution in [1.82, 2.24) is 4.90 Å². The molecule has 6 nitrogen and oxygen atoms in total. The first-order chi connectivity index (χ1) is 9.41. The summed E-state index contributed by atoms with van der Waals surface area (Å²) >= 11 is 0. The standard InChI is InChI=1S/C14H18N2O4/c1-9(2)15-7-8-16(14(15)20)11-5-3-10(4-6-11)12(17)13(18)19/h3-6,9,12,17H,7-8H2,1-2H3,(H,18,19). The molecule has 1 unspecified atom stereocenters. The summed E-state index contributed by atoms with van der Waals surface area (Å²) in [6, 6.07) is 6.47. The van der Waals surface area contributed by atoms with E-state index in [1.807, 2.05) is 13.8 Å². The smallest absolute Gasteiger partial charge is 0.337 e. The highest BCUT2D eigenvalue weighted by Crippen LogP contribution is 2.24. The van der Waals surface area contributed by atoms with Gasteiger partial charge in [-0.25, -0.2) is 9.59 Å². The van der Waals surface area contributed by atoms with Crippen LogP contribution in [0.2, 0.25) is 0 Å². The topological polar surface area (TPSA) is 81.1 Å². The Morgan fingerprint density at radius 2 is 1.80 bits per heavy atom. The summed E-state index contributed by atoms with van der Waals surface area (Å²) in [5, 5.41) is 18.2. The highest BCUT2D eigenvalue weighted by Gasteiger charge is 2.31. The van der Waals surface area contributed by atoms with Crippen LogP contribution in [0.5, 0.6) is 0 Å². The Morgan fingerprint density at radius 3 is 2.25 bits per heavy atom. The van der Waals surface area contributed by atoms with Crippen molar-refractivity contribution in [3.8, 4) is 0 Å². The number of aliphatic carboxylic acids is 1. The molecule has 2 N–H and O–H groups in total. The van der Waals surface area contributed by atoms with E-state index in [0.29, 0.717) is 24.3 Å². The van der Waals surface area contributed by atoms with Crippen LogP contribution in [0.1, 0.15) is 25.5 Å². The number of urea groups is 1. The molecule has 1 aliphatic heterocycles. The van der Waals surface area contributed by atoms with Gasteiger partial charge in [-0.3, -0.25) is 4.90 Å². The molecule has 0 aromatic heterocycles. The van der Waals surface area contributed by atoms with E-state index in [9.17, 15) is 14.7 Å². The van der Waals surface area contributed by atoms with Crippen molar-refractivity contribution in [2.24, 2.45) is 0 Å². The number of carbonyl (C=O) groups is 2. The number of benzene rings is 1. The third-order valence-corrected chi connectivity index (χ3v) is 3.42. The minimum Gasteiger partial charge on any atom is -0.479 e. The summed E-state index contributed by atoms with van der Waals surface area (Å²) in [6.07, 6.45) is -1.54. The summed E-state index contributed by atoms with van der Waals surface area (Å²) in [5.41, 5.74) is 1.01. The first kappa shape index (κ1) is 14.3. The number of rotatable bonds is 4. The average Bonchev–Trinajstić information content (AvgIpc) is 2.80. The summed E-state index contributed by atoms with van der Waals surface area (Å²) in [4.78, 5) is 26.3. The predicted octanol–water partition coefficient (Wildman–Crippen LogP) is 1.45. The summed E-state index contributed by atoms with van der Waals surface area (Å²) < 4.78 is 0. The second kappa shape index (κ2) is 5.50. The summed E-state index contributed by atoms with van der Waals surface area (Å²) in [7, 11) is 0. The lowest BCUT2D eigenvalue weighted by Crippen LogP contribution is -2.36. The maximum absolute atomic E-state index is 12.2. The molecule has 0 saturated carbocycles. The second-order valence-corrected chi connectivity index (χ2v) is 5.05. The molecule has 0 spiro atoms. The molecular formula is C14H18N2O4. The highest BCUT2D eigenvalue weighted by atomic mass is 16.4. The largest absolute Gasteiger partial charge is 0.479 e. The van der Waals surface area contributed by atoms with Gasteiger partial charge in [-0.05, 0) is 31.5 Å². The minimum absolute atomic E-state index is 0.0495. The molecule has 1 fully saturated rings. The fourth-order valence-corrected chi connectivity index (χ4v) is 2.25.